The van der Waals surface area contributed by atoms with Gasteiger partial charge in [-0.15, -0.1) is 0 Å². The van der Waals surface area contributed by atoms with E-state index in [0.717, 1.165) is 19.4 Å². The second-order valence-electron chi connectivity index (χ2n) is 6.99. The average molecular weight is 276 g/mol. The van der Waals surface area contributed by atoms with Crippen molar-refractivity contribution >= 4 is 22.3 Å². The normalized spacial score (nSPS) is 15.1. The molecule has 17 heavy (non-hydrogen) atoms. The predicted molar refractivity (Wildman–Crippen MR) is 79.9 cm³/mol. The maximum absolute atomic E-state index is 11.2. The molecule has 0 aromatic carbocycles. The average Bonchev–Trinajstić information content (AvgIpc) is 2.07. The Morgan fingerprint density at radius 2 is 1.65 bits per heavy atom. The third kappa shape index (κ3) is 6.38. The van der Waals surface area contributed by atoms with E-state index in [-0.39, 0.29) is 5.54 Å². The lowest BCUT2D eigenvalue weighted by atomic mass is 10.2. The van der Waals surface area contributed by atoms with Crippen LogP contribution in [0.5, 0.6) is 0 Å². The summed E-state index contributed by atoms with van der Waals surface area (Å²) in [6.45, 7) is 14.4. The lowest BCUT2D eigenvalue weighted by molar-refractivity contribution is -0.137. The van der Waals surface area contributed by atoms with E-state index in [1.54, 1.807) is 0 Å². The smallest absolute Gasteiger partial charge is 0.303 e. The Balaban J connectivity index is 4.22. The molecule has 0 aliphatic carbocycles. The van der Waals surface area contributed by atoms with Crippen LogP contribution in [-0.4, -0.2) is 45.5 Å². The Morgan fingerprint density at radius 1 is 1.18 bits per heavy atom. The van der Waals surface area contributed by atoms with Crippen molar-refractivity contribution in [3.8, 4) is 0 Å². The van der Waals surface area contributed by atoms with E-state index in [4.69, 9.17) is 0 Å². The van der Waals surface area contributed by atoms with Crippen molar-refractivity contribution < 1.29 is 9.90 Å². The zero-order valence-corrected chi connectivity index (χ0v) is 14.5. The van der Waals surface area contributed by atoms with E-state index < -0.39 is 22.3 Å². The molecule has 0 aromatic heterocycles. The first-order chi connectivity index (χ1) is 7.46. The van der Waals surface area contributed by atoms with Crippen molar-refractivity contribution in [1.29, 1.82) is 0 Å². The van der Waals surface area contributed by atoms with Gasteiger partial charge in [-0.2, -0.15) is 0 Å². The van der Waals surface area contributed by atoms with E-state index in [1.165, 1.54) is 0 Å². The lowest BCUT2D eigenvalue weighted by Crippen LogP contribution is -2.43. The van der Waals surface area contributed by atoms with Gasteiger partial charge in [0.25, 0.3) is 0 Å². The van der Waals surface area contributed by atoms with Crippen molar-refractivity contribution in [2.24, 2.45) is 0 Å². The fourth-order valence-corrected chi connectivity index (χ4v) is 4.43. The van der Waals surface area contributed by atoms with Gasteiger partial charge in [0, 0.05) is 0 Å². The molecule has 1 N–H and O–H groups in total. The molecule has 1 atom stereocenters. The van der Waals surface area contributed by atoms with Crippen molar-refractivity contribution in [2.45, 2.75) is 57.7 Å². The monoisotopic (exact) mass is 275 g/mol. The number of carboxylic acid groups (broad SMARTS) is 1. The third-order valence-corrected chi connectivity index (χ3v) is 8.62. The number of hydrogen-bond donors (Lipinski definition) is 1. The van der Waals surface area contributed by atoms with E-state index in [1.807, 2.05) is 0 Å². The Kier molecular flexibility index (Phi) is 6.11. The zero-order chi connectivity index (χ0) is 13.9. The summed E-state index contributed by atoms with van der Waals surface area (Å²) in [4.78, 5) is 11.2. The molecule has 0 spiro atoms. The predicted octanol–water partition coefficient (Wildman–Crippen LogP) is 3.33. The maximum atomic E-state index is 11.2. The second-order valence-corrected chi connectivity index (χ2v) is 17.5. The maximum Gasteiger partial charge on any atom is 0.303 e. The van der Waals surface area contributed by atoms with Gasteiger partial charge in [-0.1, -0.05) is 39.3 Å². The second kappa shape index (κ2) is 6.15. The zero-order valence-electron chi connectivity index (χ0n) is 12.5. The number of hydrogen-bond acceptors (Lipinski definition) is 2. The van der Waals surface area contributed by atoms with Gasteiger partial charge < -0.3 is 9.67 Å². The number of nitrogens with zero attached hydrogens (tertiary/aromatic N) is 1. The van der Waals surface area contributed by atoms with Crippen LogP contribution in [0.25, 0.3) is 0 Å². The molecule has 0 radical (unpaired) electrons. The molecule has 0 saturated carbocycles. The van der Waals surface area contributed by atoms with Gasteiger partial charge in [-0.3, -0.25) is 4.79 Å². The molecule has 1 unspecified atom stereocenters. The third-order valence-electron chi connectivity index (χ3n) is 3.47. The minimum Gasteiger partial charge on any atom is -0.481 e. The minimum atomic E-state index is -1.57. The standard InChI is InChI=1S/C12H29NO2Si2/c1-13(17(5,6)7)10-8-9-11(12(14)15)16(2,3)4/h11H,8-10H2,1-7H3,(H,14,15). The first-order valence-corrected chi connectivity index (χ1v) is 13.4. The highest BCUT2D eigenvalue weighted by Crippen LogP contribution is 2.27. The summed E-state index contributed by atoms with van der Waals surface area (Å²) < 4.78 is 2.43. The largest absolute Gasteiger partial charge is 0.481 e. The van der Waals surface area contributed by atoms with Crippen LogP contribution in [0.2, 0.25) is 44.8 Å². The topological polar surface area (TPSA) is 40.5 Å². The van der Waals surface area contributed by atoms with Gasteiger partial charge in [0.2, 0.25) is 0 Å². The Bertz CT molecular complexity index is 256. The highest BCUT2D eigenvalue weighted by molar-refractivity contribution is 6.80. The number of aliphatic carboxylic acids is 1. The first-order valence-electron chi connectivity index (χ1n) is 6.40. The summed E-state index contributed by atoms with van der Waals surface area (Å²) in [6, 6.07) is 0. The number of carbonyl (C=O) groups is 1. The molecule has 0 bridgehead atoms. The first kappa shape index (κ1) is 16.9. The number of rotatable bonds is 7. The van der Waals surface area contributed by atoms with Crippen LogP contribution in [-0.2, 0) is 4.79 Å². The fourth-order valence-electron chi connectivity index (χ4n) is 1.79. The summed E-state index contributed by atoms with van der Waals surface area (Å²) in [7, 11) is -0.620. The molecule has 5 heteroatoms. The van der Waals surface area contributed by atoms with E-state index >= 15 is 0 Å². The van der Waals surface area contributed by atoms with Crippen LogP contribution in [0.15, 0.2) is 0 Å². The van der Waals surface area contributed by atoms with Crippen molar-refractivity contribution in [2.75, 3.05) is 13.6 Å². The van der Waals surface area contributed by atoms with Crippen LogP contribution in [0.4, 0.5) is 0 Å². The van der Waals surface area contributed by atoms with Crippen LogP contribution < -0.4 is 0 Å². The molecule has 0 aliphatic heterocycles. The van der Waals surface area contributed by atoms with Crippen LogP contribution in [0.3, 0.4) is 0 Å². The highest BCUT2D eigenvalue weighted by Gasteiger charge is 2.32. The Morgan fingerprint density at radius 3 is 1.94 bits per heavy atom. The molecule has 0 aliphatic rings. The molecule has 3 nitrogen and oxygen atoms in total. The summed E-state index contributed by atoms with van der Waals surface area (Å²) in [5.41, 5.74) is -0.0995. The lowest BCUT2D eigenvalue weighted by Gasteiger charge is -2.31. The van der Waals surface area contributed by atoms with Crippen molar-refractivity contribution in [3.63, 3.8) is 0 Å². The van der Waals surface area contributed by atoms with E-state index in [0.29, 0.717) is 0 Å². The highest BCUT2D eigenvalue weighted by atomic mass is 28.3. The molecule has 0 aromatic rings. The molecular formula is C12H29NO2Si2. The SMILES string of the molecule is CN(CCCC(C(=O)O)[Si](C)(C)C)[Si](C)(C)C. The summed E-state index contributed by atoms with van der Waals surface area (Å²) >= 11 is 0. The van der Waals surface area contributed by atoms with Gasteiger partial charge in [0.05, 0.1) is 13.6 Å². The minimum absolute atomic E-state index is 0.0995. The molecule has 102 valence electrons. The summed E-state index contributed by atoms with van der Waals surface area (Å²) in [5, 5.41) is 9.26. The van der Waals surface area contributed by atoms with Crippen LogP contribution >= 0.6 is 0 Å². The van der Waals surface area contributed by atoms with E-state index in [2.05, 4.69) is 50.9 Å². The van der Waals surface area contributed by atoms with Crippen molar-refractivity contribution in [3.05, 3.63) is 0 Å². The van der Waals surface area contributed by atoms with E-state index in [9.17, 15) is 9.90 Å². The van der Waals surface area contributed by atoms with Gasteiger partial charge in [-0.25, -0.2) is 0 Å². The van der Waals surface area contributed by atoms with Gasteiger partial charge >= 0.3 is 5.97 Å². The fraction of sp³-hybridized carbons (Fsp3) is 0.917. The summed E-state index contributed by atoms with van der Waals surface area (Å²) in [5.74, 6) is -0.597. The van der Waals surface area contributed by atoms with Gasteiger partial charge in [0.1, 0.15) is 8.24 Å². The summed E-state index contributed by atoms with van der Waals surface area (Å²) in [6.07, 6.45) is 1.84. The molecule has 0 rings (SSSR count). The molecule has 0 heterocycles. The van der Waals surface area contributed by atoms with Gasteiger partial charge in [-0.05, 0) is 26.4 Å². The molecular weight excluding hydrogens is 246 g/mol. The quantitative estimate of drug-likeness (QED) is 0.725. The van der Waals surface area contributed by atoms with Gasteiger partial charge in [0.15, 0.2) is 0 Å². The van der Waals surface area contributed by atoms with Crippen LogP contribution in [0, 0.1) is 0 Å². The number of carboxylic acids is 1. The molecule has 0 saturated heterocycles. The Labute approximate surface area is 108 Å². The van der Waals surface area contributed by atoms with Crippen molar-refractivity contribution in [1.82, 2.24) is 4.57 Å². The van der Waals surface area contributed by atoms with Crippen LogP contribution in [0.1, 0.15) is 12.8 Å². The Hall–Kier alpha value is -0.136. The molecule has 0 fully saturated rings. The molecule has 0 amide bonds.